The highest BCUT2D eigenvalue weighted by Crippen LogP contribution is 2.23. The first-order valence-corrected chi connectivity index (χ1v) is 7.13. The molecule has 2 atom stereocenters. The average molecular weight is 279 g/mol. The molecule has 3 N–H and O–H groups in total. The van der Waals surface area contributed by atoms with Crippen LogP contribution in [0.1, 0.15) is 31.7 Å². The van der Waals surface area contributed by atoms with Gasteiger partial charge in [0.15, 0.2) is 0 Å². The number of aryl methyl sites for hydroxylation is 1. The molecule has 0 radical (unpaired) electrons. The molecular weight excluding hydrogens is 254 g/mol. The van der Waals surface area contributed by atoms with Gasteiger partial charge >= 0.3 is 5.97 Å². The van der Waals surface area contributed by atoms with Crippen LogP contribution in [-0.4, -0.2) is 24.7 Å². The lowest BCUT2D eigenvalue weighted by atomic mass is 9.92. The zero-order valence-corrected chi connectivity index (χ0v) is 12.3. The number of hydrogen-bond donors (Lipinski definition) is 2. The Bertz CT molecular complexity index is 420. The third-order valence-corrected chi connectivity index (χ3v) is 3.74. The average Bonchev–Trinajstić information content (AvgIpc) is 2.45. The van der Waals surface area contributed by atoms with E-state index in [2.05, 4.69) is 13.0 Å². The maximum absolute atomic E-state index is 10.9. The van der Waals surface area contributed by atoms with Crippen molar-refractivity contribution < 1.29 is 14.6 Å². The second-order valence-electron chi connectivity index (χ2n) is 5.30. The van der Waals surface area contributed by atoms with Crippen molar-refractivity contribution in [1.29, 1.82) is 0 Å². The van der Waals surface area contributed by atoms with Crippen LogP contribution in [0, 0.1) is 11.8 Å². The van der Waals surface area contributed by atoms with Gasteiger partial charge in [-0.3, -0.25) is 4.79 Å². The first-order chi connectivity index (χ1) is 9.58. The van der Waals surface area contributed by atoms with E-state index >= 15 is 0 Å². The predicted molar refractivity (Wildman–Crippen MR) is 79.9 cm³/mol. The molecule has 1 aromatic carbocycles. The molecule has 4 heteroatoms. The summed E-state index contributed by atoms with van der Waals surface area (Å²) in [5.74, 6) is 0.200. The highest BCUT2D eigenvalue weighted by Gasteiger charge is 2.16. The lowest BCUT2D eigenvalue weighted by Gasteiger charge is -2.15. The van der Waals surface area contributed by atoms with Crippen molar-refractivity contribution in [1.82, 2.24) is 0 Å². The van der Waals surface area contributed by atoms with Crippen molar-refractivity contribution in [2.45, 2.75) is 32.6 Å². The summed E-state index contributed by atoms with van der Waals surface area (Å²) < 4.78 is 5.33. The van der Waals surface area contributed by atoms with Gasteiger partial charge in [-0.05, 0) is 43.2 Å². The molecule has 0 spiro atoms. The number of aliphatic carboxylic acids is 1. The number of ether oxygens (including phenoxy) is 1. The van der Waals surface area contributed by atoms with Gasteiger partial charge < -0.3 is 15.6 Å². The third kappa shape index (κ3) is 5.21. The van der Waals surface area contributed by atoms with E-state index < -0.39 is 11.9 Å². The minimum absolute atomic E-state index is 0.217. The van der Waals surface area contributed by atoms with Crippen LogP contribution in [0.25, 0.3) is 0 Å². The Kier molecular flexibility index (Phi) is 7.09. The molecule has 20 heavy (non-hydrogen) atoms. The van der Waals surface area contributed by atoms with Crippen molar-refractivity contribution in [2.24, 2.45) is 17.6 Å². The number of para-hydroxylation sites is 1. The van der Waals surface area contributed by atoms with Gasteiger partial charge in [0, 0.05) is 6.54 Å². The molecule has 0 fully saturated rings. The Hall–Kier alpha value is -1.55. The Morgan fingerprint density at radius 1 is 1.30 bits per heavy atom. The van der Waals surface area contributed by atoms with E-state index in [0.29, 0.717) is 12.3 Å². The molecule has 0 aliphatic heterocycles. The maximum atomic E-state index is 10.9. The van der Waals surface area contributed by atoms with Gasteiger partial charge in [0.05, 0.1) is 13.0 Å². The summed E-state index contributed by atoms with van der Waals surface area (Å²) in [7, 11) is 1.68. The number of rotatable bonds is 9. The summed E-state index contributed by atoms with van der Waals surface area (Å²) in [5.41, 5.74) is 6.67. The molecule has 1 rings (SSSR count). The molecule has 4 nitrogen and oxygen atoms in total. The van der Waals surface area contributed by atoms with Crippen molar-refractivity contribution in [3.8, 4) is 5.75 Å². The molecule has 2 unspecified atom stereocenters. The number of carboxylic acids is 1. The SMILES string of the molecule is COc1ccccc1CCC(C)CCC(CN)C(=O)O. The Balaban J connectivity index is 2.39. The Labute approximate surface area is 120 Å². The van der Waals surface area contributed by atoms with Gasteiger partial charge in [-0.1, -0.05) is 25.1 Å². The van der Waals surface area contributed by atoms with Crippen molar-refractivity contribution >= 4 is 5.97 Å². The van der Waals surface area contributed by atoms with Crippen LogP contribution in [0.5, 0.6) is 5.75 Å². The fourth-order valence-electron chi connectivity index (χ4n) is 2.28. The standard InChI is InChI=1S/C16H25NO3/c1-12(8-10-14(11-17)16(18)19)7-9-13-5-3-4-6-15(13)20-2/h3-6,12,14H,7-11,17H2,1-2H3,(H,18,19). The highest BCUT2D eigenvalue weighted by molar-refractivity contribution is 5.70. The molecule has 0 saturated heterocycles. The number of carboxylic acid groups (broad SMARTS) is 1. The van der Waals surface area contributed by atoms with Crippen molar-refractivity contribution in [3.05, 3.63) is 29.8 Å². The molecule has 0 saturated carbocycles. The fraction of sp³-hybridized carbons (Fsp3) is 0.562. The van der Waals surface area contributed by atoms with Gasteiger partial charge in [0.2, 0.25) is 0 Å². The normalized spacial score (nSPS) is 13.8. The number of methoxy groups -OCH3 is 1. The van der Waals surface area contributed by atoms with E-state index in [0.717, 1.165) is 25.0 Å². The molecule has 1 aromatic rings. The summed E-state index contributed by atoms with van der Waals surface area (Å²) in [6.07, 6.45) is 3.52. The first kappa shape index (κ1) is 16.5. The van der Waals surface area contributed by atoms with Crippen LogP contribution >= 0.6 is 0 Å². The van der Waals surface area contributed by atoms with Crippen LogP contribution < -0.4 is 10.5 Å². The van der Waals surface area contributed by atoms with E-state index in [1.54, 1.807) is 7.11 Å². The smallest absolute Gasteiger partial charge is 0.307 e. The number of nitrogens with two attached hydrogens (primary N) is 1. The zero-order valence-electron chi connectivity index (χ0n) is 12.3. The highest BCUT2D eigenvalue weighted by atomic mass is 16.5. The molecule has 0 heterocycles. The molecule has 0 aliphatic rings. The van der Waals surface area contributed by atoms with E-state index in [-0.39, 0.29) is 6.54 Å². The van der Waals surface area contributed by atoms with Gasteiger partial charge in [0.1, 0.15) is 5.75 Å². The second-order valence-corrected chi connectivity index (χ2v) is 5.30. The first-order valence-electron chi connectivity index (χ1n) is 7.13. The Morgan fingerprint density at radius 3 is 2.60 bits per heavy atom. The lowest BCUT2D eigenvalue weighted by Crippen LogP contribution is -2.23. The molecule has 112 valence electrons. The second kappa shape index (κ2) is 8.59. The fourth-order valence-corrected chi connectivity index (χ4v) is 2.28. The van der Waals surface area contributed by atoms with Gasteiger partial charge in [-0.15, -0.1) is 0 Å². The summed E-state index contributed by atoms with van der Waals surface area (Å²) in [6.45, 7) is 2.37. The van der Waals surface area contributed by atoms with E-state index in [1.165, 1.54) is 5.56 Å². The quantitative estimate of drug-likeness (QED) is 0.729. The van der Waals surface area contributed by atoms with Crippen LogP contribution in [-0.2, 0) is 11.2 Å². The predicted octanol–water partition coefficient (Wildman–Crippen LogP) is 2.70. The summed E-state index contributed by atoms with van der Waals surface area (Å²) in [4.78, 5) is 10.9. The zero-order chi connectivity index (χ0) is 15.0. The largest absolute Gasteiger partial charge is 0.496 e. The summed E-state index contributed by atoms with van der Waals surface area (Å²) in [6, 6.07) is 8.02. The lowest BCUT2D eigenvalue weighted by molar-refractivity contribution is -0.141. The van der Waals surface area contributed by atoms with Crippen LogP contribution in [0.15, 0.2) is 24.3 Å². The minimum Gasteiger partial charge on any atom is -0.496 e. The number of hydrogen-bond acceptors (Lipinski definition) is 3. The molecule has 0 aliphatic carbocycles. The van der Waals surface area contributed by atoms with Gasteiger partial charge in [0.25, 0.3) is 0 Å². The molecule has 0 bridgehead atoms. The van der Waals surface area contributed by atoms with Gasteiger partial charge in [-0.2, -0.15) is 0 Å². The van der Waals surface area contributed by atoms with Crippen molar-refractivity contribution in [3.63, 3.8) is 0 Å². The van der Waals surface area contributed by atoms with Crippen molar-refractivity contribution in [2.75, 3.05) is 13.7 Å². The van der Waals surface area contributed by atoms with E-state index in [1.807, 2.05) is 18.2 Å². The number of benzene rings is 1. The molecular formula is C16H25NO3. The Morgan fingerprint density at radius 2 is 2.00 bits per heavy atom. The topological polar surface area (TPSA) is 72.5 Å². The van der Waals surface area contributed by atoms with Crippen LogP contribution in [0.4, 0.5) is 0 Å². The maximum Gasteiger partial charge on any atom is 0.307 e. The monoisotopic (exact) mass is 279 g/mol. The molecule has 0 amide bonds. The minimum atomic E-state index is -0.788. The number of carbonyl (C=O) groups is 1. The van der Waals surface area contributed by atoms with E-state index in [9.17, 15) is 4.79 Å². The van der Waals surface area contributed by atoms with Crippen LogP contribution in [0.3, 0.4) is 0 Å². The summed E-state index contributed by atoms with van der Waals surface area (Å²) >= 11 is 0. The van der Waals surface area contributed by atoms with E-state index in [4.69, 9.17) is 15.6 Å². The summed E-state index contributed by atoms with van der Waals surface area (Å²) in [5, 5.41) is 8.97. The molecule has 0 aromatic heterocycles. The van der Waals surface area contributed by atoms with Gasteiger partial charge in [-0.25, -0.2) is 0 Å². The van der Waals surface area contributed by atoms with Crippen LogP contribution in [0.2, 0.25) is 0 Å². The third-order valence-electron chi connectivity index (χ3n) is 3.74.